The summed E-state index contributed by atoms with van der Waals surface area (Å²) in [5, 5.41) is 10.2. The van der Waals surface area contributed by atoms with Gasteiger partial charge in [-0.15, -0.1) is 0 Å². The zero-order valence-corrected chi connectivity index (χ0v) is 19.5. The van der Waals surface area contributed by atoms with E-state index in [9.17, 15) is 9.90 Å². The van der Waals surface area contributed by atoms with Crippen molar-refractivity contribution in [1.29, 1.82) is 0 Å². The predicted octanol–water partition coefficient (Wildman–Crippen LogP) is 6.57. The first-order valence-corrected chi connectivity index (χ1v) is 12.6. The summed E-state index contributed by atoms with van der Waals surface area (Å²) in [5.74, 6) is 4.27. The molecule has 0 unspecified atom stereocenters. The van der Waals surface area contributed by atoms with Gasteiger partial charge in [0.2, 0.25) is 0 Å². The van der Waals surface area contributed by atoms with E-state index < -0.39 is 0 Å². The van der Waals surface area contributed by atoms with Crippen LogP contribution in [-0.2, 0) is 4.79 Å². The Morgan fingerprint density at radius 2 is 1.90 bits per heavy atom. The van der Waals surface area contributed by atoms with Gasteiger partial charge in [0.1, 0.15) is 5.78 Å². The number of aliphatic hydroxyl groups is 1. The molecule has 0 radical (unpaired) electrons. The SMILES string of the molecule is CC(C)CCC[C@@H](C)[C@H]1CC[C@H]2[C@@H]3CC=C4C[C@@H](O)CC[C@]4(C)[C@H]3C(=O)C[C@]12C. The molecule has 2 nitrogen and oxygen atoms in total. The molecular weight excluding hydrogens is 356 g/mol. The molecule has 0 aromatic carbocycles. The zero-order valence-electron chi connectivity index (χ0n) is 19.5. The minimum atomic E-state index is -0.197. The van der Waals surface area contributed by atoms with E-state index >= 15 is 0 Å². The van der Waals surface area contributed by atoms with Crippen LogP contribution in [0.2, 0.25) is 0 Å². The van der Waals surface area contributed by atoms with Crippen LogP contribution in [0.15, 0.2) is 11.6 Å². The van der Waals surface area contributed by atoms with E-state index in [2.05, 4.69) is 40.7 Å². The van der Waals surface area contributed by atoms with Crippen LogP contribution in [0.3, 0.4) is 0 Å². The number of aliphatic hydroxyl groups excluding tert-OH is 1. The number of Topliss-reactive ketones (excluding diaryl/α,β-unsaturated/α-hetero) is 1. The van der Waals surface area contributed by atoms with Gasteiger partial charge >= 0.3 is 0 Å². The third-order valence-corrected chi connectivity index (χ3v) is 9.97. The quantitative estimate of drug-likeness (QED) is 0.530. The molecule has 164 valence electrons. The lowest BCUT2D eigenvalue weighted by Crippen LogP contribution is -2.55. The molecule has 0 amide bonds. The molecule has 2 heteroatoms. The Morgan fingerprint density at radius 1 is 1.14 bits per heavy atom. The van der Waals surface area contributed by atoms with Crippen molar-refractivity contribution in [1.82, 2.24) is 0 Å². The first-order valence-electron chi connectivity index (χ1n) is 12.6. The van der Waals surface area contributed by atoms with Crippen LogP contribution in [0.1, 0.15) is 98.8 Å². The normalized spacial score (nSPS) is 45.4. The molecule has 0 saturated heterocycles. The van der Waals surface area contributed by atoms with Gasteiger partial charge in [-0.05, 0) is 78.9 Å². The smallest absolute Gasteiger partial charge is 0.137 e. The van der Waals surface area contributed by atoms with Crippen LogP contribution in [0, 0.1) is 46.3 Å². The maximum Gasteiger partial charge on any atom is 0.137 e. The predicted molar refractivity (Wildman–Crippen MR) is 119 cm³/mol. The fourth-order valence-electron chi connectivity index (χ4n) is 8.49. The lowest BCUT2D eigenvalue weighted by Gasteiger charge is -2.57. The van der Waals surface area contributed by atoms with Gasteiger partial charge in [0.25, 0.3) is 0 Å². The van der Waals surface area contributed by atoms with Crippen LogP contribution >= 0.6 is 0 Å². The van der Waals surface area contributed by atoms with Gasteiger partial charge in [0.05, 0.1) is 6.10 Å². The van der Waals surface area contributed by atoms with Crippen LogP contribution in [0.4, 0.5) is 0 Å². The summed E-state index contributed by atoms with van der Waals surface area (Å²) in [4.78, 5) is 13.7. The molecule has 4 aliphatic carbocycles. The lowest BCUT2D eigenvalue weighted by molar-refractivity contribution is -0.145. The van der Waals surface area contributed by atoms with E-state index in [4.69, 9.17) is 0 Å². The Bertz CT molecular complexity index is 663. The van der Waals surface area contributed by atoms with Crippen molar-refractivity contribution in [3.05, 3.63) is 11.6 Å². The maximum atomic E-state index is 13.7. The molecule has 3 saturated carbocycles. The van der Waals surface area contributed by atoms with Gasteiger partial charge in [-0.25, -0.2) is 0 Å². The highest BCUT2D eigenvalue weighted by molar-refractivity contribution is 5.85. The molecule has 4 rings (SSSR count). The summed E-state index contributed by atoms with van der Waals surface area (Å²) in [6.45, 7) is 12.0. The highest BCUT2D eigenvalue weighted by Gasteiger charge is 2.62. The Labute approximate surface area is 178 Å². The van der Waals surface area contributed by atoms with Crippen molar-refractivity contribution in [3.63, 3.8) is 0 Å². The number of hydrogen-bond donors (Lipinski definition) is 1. The number of hydrogen-bond acceptors (Lipinski definition) is 2. The molecule has 0 aliphatic heterocycles. The second kappa shape index (κ2) is 7.81. The number of carbonyl (C=O) groups excluding carboxylic acids is 1. The second-order valence-electron chi connectivity index (χ2n) is 12.2. The van der Waals surface area contributed by atoms with Crippen LogP contribution in [-0.4, -0.2) is 17.0 Å². The number of rotatable bonds is 5. The highest BCUT2D eigenvalue weighted by atomic mass is 16.3. The van der Waals surface area contributed by atoms with Gasteiger partial charge in [-0.3, -0.25) is 4.79 Å². The van der Waals surface area contributed by atoms with Crippen LogP contribution < -0.4 is 0 Å². The number of carbonyl (C=O) groups is 1. The van der Waals surface area contributed by atoms with Gasteiger partial charge in [-0.2, -0.15) is 0 Å². The molecule has 8 atom stereocenters. The van der Waals surface area contributed by atoms with Crippen molar-refractivity contribution in [2.24, 2.45) is 46.3 Å². The Morgan fingerprint density at radius 3 is 2.62 bits per heavy atom. The van der Waals surface area contributed by atoms with Crippen molar-refractivity contribution in [2.75, 3.05) is 0 Å². The number of allylic oxidation sites excluding steroid dienone is 1. The van der Waals surface area contributed by atoms with Gasteiger partial charge < -0.3 is 5.11 Å². The maximum absolute atomic E-state index is 13.7. The summed E-state index contributed by atoms with van der Waals surface area (Å²) >= 11 is 0. The van der Waals surface area contributed by atoms with E-state index in [0.29, 0.717) is 17.6 Å². The standard InChI is InChI=1S/C27H44O2/c1-17(2)7-6-8-18(3)22-11-12-23-21-10-9-19-15-20(28)13-14-26(19,4)25(21)24(29)16-27(22,23)5/h9,17-18,20-23,25,28H,6-8,10-16H2,1-5H3/t18-,20+,21+,22-,23+,25-,26+,27-/m1/s1. The minimum absolute atomic E-state index is 0.0154. The second-order valence-corrected chi connectivity index (χ2v) is 12.2. The molecule has 0 spiro atoms. The Hall–Kier alpha value is -0.630. The highest BCUT2D eigenvalue weighted by Crippen LogP contribution is 2.66. The molecule has 1 N–H and O–H groups in total. The van der Waals surface area contributed by atoms with Crippen LogP contribution in [0.25, 0.3) is 0 Å². The average molecular weight is 401 g/mol. The van der Waals surface area contributed by atoms with E-state index in [1.165, 1.54) is 37.7 Å². The third-order valence-electron chi connectivity index (χ3n) is 9.97. The van der Waals surface area contributed by atoms with Crippen molar-refractivity contribution < 1.29 is 9.90 Å². The fourth-order valence-corrected chi connectivity index (χ4v) is 8.49. The van der Waals surface area contributed by atoms with Crippen molar-refractivity contribution in [3.8, 4) is 0 Å². The molecule has 3 fully saturated rings. The molecule has 4 aliphatic rings. The largest absolute Gasteiger partial charge is 0.393 e. The molecular formula is C27H44O2. The average Bonchev–Trinajstić information content (AvgIpc) is 2.98. The van der Waals surface area contributed by atoms with Crippen LogP contribution in [0.5, 0.6) is 0 Å². The topological polar surface area (TPSA) is 37.3 Å². The molecule has 0 heterocycles. The summed E-state index contributed by atoms with van der Waals surface area (Å²) in [7, 11) is 0. The minimum Gasteiger partial charge on any atom is -0.393 e. The molecule has 29 heavy (non-hydrogen) atoms. The van der Waals surface area contributed by atoms with E-state index in [0.717, 1.165) is 49.9 Å². The fraction of sp³-hybridized carbons (Fsp3) is 0.889. The number of ketones is 1. The Balaban J connectivity index is 1.55. The first-order chi connectivity index (χ1) is 13.7. The monoisotopic (exact) mass is 400 g/mol. The summed E-state index contributed by atoms with van der Waals surface area (Å²) in [6.07, 6.45) is 13.4. The first kappa shape index (κ1) is 21.6. The molecule has 0 bridgehead atoms. The zero-order chi connectivity index (χ0) is 21.0. The van der Waals surface area contributed by atoms with E-state index in [1.54, 1.807) is 0 Å². The third kappa shape index (κ3) is 3.56. The van der Waals surface area contributed by atoms with E-state index in [1.807, 2.05) is 0 Å². The van der Waals surface area contributed by atoms with Crippen molar-refractivity contribution in [2.45, 2.75) is 105 Å². The number of fused-ring (bicyclic) bond motifs is 5. The van der Waals surface area contributed by atoms with Crippen molar-refractivity contribution >= 4 is 5.78 Å². The summed E-state index contributed by atoms with van der Waals surface area (Å²) in [5.41, 5.74) is 1.62. The Kier molecular flexibility index (Phi) is 5.82. The van der Waals surface area contributed by atoms with Gasteiger partial charge in [0.15, 0.2) is 0 Å². The van der Waals surface area contributed by atoms with Gasteiger partial charge in [-0.1, -0.05) is 65.5 Å². The van der Waals surface area contributed by atoms with E-state index in [-0.39, 0.29) is 22.9 Å². The van der Waals surface area contributed by atoms with Gasteiger partial charge in [0, 0.05) is 12.3 Å². The summed E-state index contributed by atoms with van der Waals surface area (Å²) < 4.78 is 0. The lowest BCUT2D eigenvalue weighted by atomic mass is 9.46. The molecule has 0 aromatic heterocycles. The molecule has 0 aromatic rings. The summed E-state index contributed by atoms with van der Waals surface area (Å²) in [6, 6.07) is 0.